The van der Waals surface area contributed by atoms with Gasteiger partial charge in [0.25, 0.3) is 0 Å². The van der Waals surface area contributed by atoms with Crippen molar-refractivity contribution >= 4 is 0 Å². The maximum Gasteiger partial charge on any atom is 0.0950 e. The molecule has 0 radical (unpaired) electrons. The van der Waals surface area contributed by atoms with E-state index < -0.39 is 0 Å². The molecule has 0 aromatic carbocycles. The summed E-state index contributed by atoms with van der Waals surface area (Å²) in [6.07, 6.45) is 13.8. The van der Waals surface area contributed by atoms with Crippen molar-refractivity contribution in [1.29, 1.82) is 0 Å². The Bertz CT molecular complexity index is 386. The van der Waals surface area contributed by atoms with Gasteiger partial charge in [-0.05, 0) is 51.6 Å². The van der Waals surface area contributed by atoms with Gasteiger partial charge in [0.1, 0.15) is 0 Å². The number of aromatic nitrogens is 2. The molecule has 3 rings (SSSR count). The van der Waals surface area contributed by atoms with E-state index in [0.717, 1.165) is 11.8 Å². The summed E-state index contributed by atoms with van der Waals surface area (Å²) in [5.74, 6) is 1.53. The van der Waals surface area contributed by atoms with Gasteiger partial charge in [-0.15, -0.1) is 0 Å². The van der Waals surface area contributed by atoms with Gasteiger partial charge in [0, 0.05) is 23.9 Å². The van der Waals surface area contributed by atoms with Crippen molar-refractivity contribution in [3.63, 3.8) is 0 Å². The Hall–Kier alpha value is -0.830. The van der Waals surface area contributed by atoms with Crippen molar-refractivity contribution in [2.45, 2.75) is 63.8 Å². The van der Waals surface area contributed by atoms with E-state index in [4.69, 9.17) is 0 Å². The molecule has 0 amide bonds. The van der Waals surface area contributed by atoms with Crippen molar-refractivity contribution in [2.75, 3.05) is 13.1 Å². The van der Waals surface area contributed by atoms with Gasteiger partial charge in [0.05, 0.1) is 6.33 Å². The molecule has 1 aliphatic carbocycles. The minimum Gasteiger partial charge on any atom is -0.331 e. The molecule has 2 unspecified atom stereocenters. The molecule has 2 heterocycles. The largest absolute Gasteiger partial charge is 0.331 e. The van der Waals surface area contributed by atoms with Gasteiger partial charge in [-0.1, -0.05) is 19.3 Å². The van der Waals surface area contributed by atoms with Crippen molar-refractivity contribution in [1.82, 2.24) is 14.9 Å². The summed E-state index contributed by atoms with van der Waals surface area (Å²) in [6, 6.07) is 0.590. The van der Waals surface area contributed by atoms with Crippen LogP contribution in [0.5, 0.6) is 0 Å². The second-order valence-corrected chi connectivity index (χ2v) is 6.41. The van der Waals surface area contributed by atoms with Crippen LogP contribution in [0.15, 0.2) is 12.5 Å². The van der Waals surface area contributed by atoms with E-state index in [1.807, 2.05) is 0 Å². The lowest BCUT2D eigenvalue weighted by Gasteiger charge is -2.32. The quantitative estimate of drug-likeness (QED) is 0.902. The molecule has 1 aliphatic heterocycles. The highest BCUT2D eigenvalue weighted by Crippen LogP contribution is 2.35. The highest BCUT2D eigenvalue weighted by Gasteiger charge is 2.25. The Balaban J connectivity index is 1.74. The van der Waals surface area contributed by atoms with E-state index in [0.29, 0.717) is 6.04 Å². The third-order valence-corrected chi connectivity index (χ3v) is 5.18. The Morgan fingerprint density at radius 2 is 2.05 bits per heavy atom. The summed E-state index contributed by atoms with van der Waals surface area (Å²) >= 11 is 0. The predicted molar refractivity (Wildman–Crippen MR) is 78.4 cm³/mol. The molecular formula is C16H27N3. The van der Waals surface area contributed by atoms with Crippen LogP contribution in [-0.2, 0) is 0 Å². The average molecular weight is 261 g/mol. The van der Waals surface area contributed by atoms with Gasteiger partial charge in [0.2, 0.25) is 0 Å². The van der Waals surface area contributed by atoms with Crippen LogP contribution in [-0.4, -0.2) is 22.6 Å². The summed E-state index contributed by atoms with van der Waals surface area (Å²) in [5.41, 5.74) is 1.50. The number of imidazole rings is 1. The second kappa shape index (κ2) is 6.08. The molecule has 3 nitrogen and oxygen atoms in total. The van der Waals surface area contributed by atoms with Crippen LogP contribution in [0.2, 0.25) is 0 Å². The first-order valence-electron chi connectivity index (χ1n) is 8.08. The fourth-order valence-electron chi connectivity index (χ4n) is 3.89. The van der Waals surface area contributed by atoms with Crippen LogP contribution >= 0.6 is 0 Å². The normalized spacial score (nSPS) is 27.3. The van der Waals surface area contributed by atoms with Gasteiger partial charge >= 0.3 is 0 Å². The fraction of sp³-hybridized carbons (Fsp3) is 0.812. The van der Waals surface area contributed by atoms with Gasteiger partial charge in [-0.2, -0.15) is 0 Å². The molecular weight excluding hydrogens is 234 g/mol. The number of nitrogens with one attached hydrogen (secondary N) is 1. The number of piperidine rings is 1. The van der Waals surface area contributed by atoms with E-state index in [1.165, 1.54) is 63.7 Å². The molecule has 3 heteroatoms. The van der Waals surface area contributed by atoms with Crippen molar-refractivity contribution in [3.05, 3.63) is 18.2 Å². The lowest BCUT2D eigenvalue weighted by molar-refractivity contribution is 0.270. The van der Waals surface area contributed by atoms with E-state index in [9.17, 15) is 0 Å². The highest BCUT2D eigenvalue weighted by molar-refractivity contribution is 5.09. The van der Waals surface area contributed by atoms with Crippen molar-refractivity contribution in [3.8, 4) is 0 Å². The van der Waals surface area contributed by atoms with Crippen LogP contribution < -0.4 is 5.32 Å². The standard InChI is InChI=1S/C16H27N3/c1-13(15-8-5-9-17-10-15)19-12-18-11-16(19)14-6-3-2-4-7-14/h11-15,17H,2-10H2,1H3. The smallest absolute Gasteiger partial charge is 0.0950 e. The molecule has 19 heavy (non-hydrogen) atoms. The lowest BCUT2D eigenvalue weighted by Crippen LogP contribution is -2.34. The number of hydrogen-bond donors (Lipinski definition) is 1. The second-order valence-electron chi connectivity index (χ2n) is 6.41. The third-order valence-electron chi connectivity index (χ3n) is 5.18. The van der Waals surface area contributed by atoms with Crippen LogP contribution in [0.4, 0.5) is 0 Å². The predicted octanol–water partition coefficient (Wildman–Crippen LogP) is 3.49. The molecule has 2 atom stereocenters. The van der Waals surface area contributed by atoms with Gasteiger partial charge in [-0.3, -0.25) is 0 Å². The lowest BCUT2D eigenvalue weighted by atomic mass is 9.86. The highest BCUT2D eigenvalue weighted by atomic mass is 15.1. The average Bonchev–Trinajstić information content (AvgIpc) is 2.98. The maximum absolute atomic E-state index is 4.46. The molecule has 0 bridgehead atoms. The summed E-state index contributed by atoms with van der Waals surface area (Å²) in [6.45, 7) is 4.75. The topological polar surface area (TPSA) is 29.9 Å². The molecule has 1 saturated carbocycles. The summed E-state index contributed by atoms with van der Waals surface area (Å²) < 4.78 is 2.48. The Morgan fingerprint density at radius 3 is 2.79 bits per heavy atom. The zero-order valence-corrected chi connectivity index (χ0v) is 12.1. The molecule has 2 fully saturated rings. The van der Waals surface area contributed by atoms with Gasteiger partial charge < -0.3 is 9.88 Å². The van der Waals surface area contributed by atoms with E-state index in [1.54, 1.807) is 0 Å². The minimum atomic E-state index is 0.590. The van der Waals surface area contributed by atoms with E-state index in [-0.39, 0.29) is 0 Å². The van der Waals surface area contributed by atoms with Crippen LogP contribution in [0.1, 0.15) is 69.5 Å². The number of hydrogen-bond acceptors (Lipinski definition) is 2. The monoisotopic (exact) mass is 261 g/mol. The Labute approximate surface area is 116 Å². The third kappa shape index (κ3) is 2.86. The van der Waals surface area contributed by atoms with Crippen LogP contribution in [0, 0.1) is 5.92 Å². The van der Waals surface area contributed by atoms with Crippen LogP contribution in [0.3, 0.4) is 0 Å². The van der Waals surface area contributed by atoms with Crippen LogP contribution in [0.25, 0.3) is 0 Å². The van der Waals surface area contributed by atoms with Crippen molar-refractivity contribution in [2.24, 2.45) is 5.92 Å². The zero-order chi connectivity index (χ0) is 13.1. The van der Waals surface area contributed by atoms with E-state index in [2.05, 4.69) is 34.3 Å². The van der Waals surface area contributed by atoms with E-state index >= 15 is 0 Å². The SMILES string of the molecule is CC(C1CCCNC1)n1cncc1C1CCCCC1. The van der Waals surface area contributed by atoms with Crippen molar-refractivity contribution < 1.29 is 0 Å². The molecule has 1 saturated heterocycles. The maximum atomic E-state index is 4.46. The fourth-order valence-corrected chi connectivity index (χ4v) is 3.89. The first-order chi connectivity index (χ1) is 9.36. The Morgan fingerprint density at radius 1 is 1.21 bits per heavy atom. The number of nitrogens with zero attached hydrogens (tertiary/aromatic N) is 2. The first kappa shape index (κ1) is 13.2. The Kier molecular flexibility index (Phi) is 4.21. The van der Waals surface area contributed by atoms with Gasteiger partial charge in [-0.25, -0.2) is 4.98 Å². The summed E-state index contributed by atoms with van der Waals surface area (Å²) in [4.78, 5) is 4.46. The zero-order valence-electron chi connectivity index (χ0n) is 12.1. The molecule has 1 aromatic heterocycles. The summed E-state index contributed by atoms with van der Waals surface area (Å²) in [7, 11) is 0. The summed E-state index contributed by atoms with van der Waals surface area (Å²) in [5, 5.41) is 3.54. The molecule has 106 valence electrons. The molecule has 1 aromatic rings. The molecule has 2 aliphatic rings. The molecule has 1 N–H and O–H groups in total. The molecule has 0 spiro atoms. The van der Waals surface area contributed by atoms with Gasteiger partial charge in [0.15, 0.2) is 0 Å². The minimum absolute atomic E-state index is 0.590. The first-order valence-corrected chi connectivity index (χ1v) is 8.08. The number of rotatable bonds is 3.